The summed E-state index contributed by atoms with van der Waals surface area (Å²) in [6.07, 6.45) is 3.21. The predicted molar refractivity (Wildman–Crippen MR) is 96.8 cm³/mol. The third kappa shape index (κ3) is 5.10. The van der Waals surface area contributed by atoms with Gasteiger partial charge < -0.3 is 19.9 Å². The van der Waals surface area contributed by atoms with Gasteiger partial charge in [0.2, 0.25) is 0 Å². The van der Waals surface area contributed by atoms with Crippen LogP contribution in [-0.4, -0.2) is 32.4 Å². The van der Waals surface area contributed by atoms with E-state index in [1.807, 2.05) is 12.1 Å². The van der Waals surface area contributed by atoms with Crippen molar-refractivity contribution in [2.75, 3.05) is 20.8 Å². The number of carbonyl (C=O) groups excluding carboxylic acids is 1. The van der Waals surface area contributed by atoms with E-state index in [-0.39, 0.29) is 18.2 Å². The van der Waals surface area contributed by atoms with E-state index in [9.17, 15) is 4.79 Å². The molecule has 130 valence electrons. The zero-order valence-electron chi connectivity index (χ0n) is 14.1. The van der Waals surface area contributed by atoms with E-state index in [0.29, 0.717) is 22.8 Å². The summed E-state index contributed by atoms with van der Waals surface area (Å²) in [5, 5.41) is 7.12. The molecule has 3 N–H and O–H groups in total. The lowest BCUT2D eigenvalue weighted by Gasteiger charge is -2.08. The molecule has 0 aliphatic rings. The topological polar surface area (TPSA) is 94.6 Å². The first kappa shape index (κ1) is 18.1. The van der Waals surface area contributed by atoms with E-state index in [1.165, 1.54) is 13.2 Å². The quantitative estimate of drug-likeness (QED) is 0.333. The Morgan fingerprint density at radius 2 is 1.76 bits per heavy atom. The zero-order chi connectivity index (χ0) is 18.2. The van der Waals surface area contributed by atoms with Crippen LogP contribution in [0.5, 0.6) is 17.2 Å². The Balaban J connectivity index is 2.05. The van der Waals surface area contributed by atoms with Crippen molar-refractivity contribution in [2.24, 2.45) is 5.73 Å². The summed E-state index contributed by atoms with van der Waals surface area (Å²) in [6, 6.07) is 12.2. The highest BCUT2D eigenvalue weighted by molar-refractivity contribution is 6.07. The first-order valence-electron chi connectivity index (χ1n) is 7.53. The second-order valence-corrected chi connectivity index (χ2v) is 5.15. The standard InChI is InChI=1S/C19H20N2O4/c1-23-17-10-6-14(11-18(17)24-2)16(22)9-5-13-3-7-15(8-4-13)25-12-19(20)21/h3-11H,12H2,1-2H3,(H3,20,21)/b9-5+. The first-order valence-corrected chi connectivity index (χ1v) is 7.53. The maximum absolute atomic E-state index is 12.3. The molecule has 2 aromatic rings. The summed E-state index contributed by atoms with van der Waals surface area (Å²) in [5.41, 5.74) is 6.60. The number of benzene rings is 2. The average molecular weight is 340 g/mol. The van der Waals surface area contributed by atoms with Crippen molar-refractivity contribution in [1.29, 1.82) is 5.41 Å². The first-order chi connectivity index (χ1) is 12.0. The van der Waals surface area contributed by atoms with Gasteiger partial charge in [-0.3, -0.25) is 10.2 Å². The Morgan fingerprint density at radius 3 is 2.36 bits per heavy atom. The van der Waals surface area contributed by atoms with Crippen LogP contribution >= 0.6 is 0 Å². The normalized spacial score (nSPS) is 10.5. The van der Waals surface area contributed by atoms with Gasteiger partial charge in [-0.1, -0.05) is 18.2 Å². The van der Waals surface area contributed by atoms with Crippen LogP contribution in [0.3, 0.4) is 0 Å². The van der Waals surface area contributed by atoms with Crippen molar-refractivity contribution in [2.45, 2.75) is 0 Å². The molecule has 0 spiro atoms. The second-order valence-electron chi connectivity index (χ2n) is 5.15. The number of ketones is 1. The van der Waals surface area contributed by atoms with E-state index in [4.69, 9.17) is 25.4 Å². The highest BCUT2D eigenvalue weighted by atomic mass is 16.5. The monoisotopic (exact) mass is 340 g/mol. The van der Waals surface area contributed by atoms with E-state index in [1.54, 1.807) is 43.5 Å². The molecule has 6 heteroatoms. The lowest BCUT2D eigenvalue weighted by Crippen LogP contribution is -2.19. The van der Waals surface area contributed by atoms with Gasteiger partial charge in [-0.05, 0) is 42.0 Å². The zero-order valence-corrected chi connectivity index (χ0v) is 14.1. The fourth-order valence-electron chi connectivity index (χ4n) is 2.09. The van der Waals surface area contributed by atoms with Crippen LogP contribution in [0.25, 0.3) is 6.08 Å². The van der Waals surface area contributed by atoms with Gasteiger partial charge >= 0.3 is 0 Å². The van der Waals surface area contributed by atoms with Crippen molar-refractivity contribution in [3.63, 3.8) is 0 Å². The van der Waals surface area contributed by atoms with Gasteiger partial charge in [0.05, 0.1) is 14.2 Å². The summed E-state index contributed by atoms with van der Waals surface area (Å²) in [4.78, 5) is 12.3. The van der Waals surface area contributed by atoms with Crippen LogP contribution in [0.15, 0.2) is 48.5 Å². The molecule has 0 saturated heterocycles. The van der Waals surface area contributed by atoms with E-state index in [0.717, 1.165) is 5.56 Å². The number of allylic oxidation sites excluding steroid dienone is 1. The molecule has 2 aromatic carbocycles. The Hall–Kier alpha value is -3.28. The number of nitrogens with two attached hydrogens (primary N) is 1. The molecule has 0 heterocycles. The molecule has 0 aliphatic heterocycles. The van der Waals surface area contributed by atoms with Gasteiger partial charge in [0.25, 0.3) is 0 Å². The lowest BCUT2D eigenvalue weighted by molar-refractivity contribution is 0.104. The van der Waals surface area contributed by atoms with Gasteiger partial charge in [-0.2, -0.15) is 0 Å². The van der Waals surface area contributed by atoms with Crippen LogP contribution in [-0.2, 0) is 0 Å². The maximum atomic E-state index is 12.3. The minimum absolute atomic E-state index is 0.0375. The summed E-state index contributed by atoms with van der Waals surface area (Å²) in [6.45, 7) is 0.0486. The molecule has 25 heavy (non-hydrogen) atoms. The van der Waals surface area contributed by atoms with Gasteiger partial charge in [0.15, 0.2) is 17.3 Å². The average Bonchev–Trinajstić information content (AvgIpc) is 2.64. The van der Waals surface area contributed by atoms with Gasteiger partial charge in [0.1, 0.15) is 18.2 Å². The molecule has 6 nitrogen and oxygen atoms in total. The summed E-state index contributed by atoms with van der Waals surface area (Å²) in [5.74, 6) is 1.51. The summed E-state index contributed by atoms with van der Waals surface area (Å²) < 4.78 is 15.7. The third-order valence-electron chi connectivity index (χ3n) is 3.37. The molecule has 0 atom stereocenters. The molecule has 0 amide bonds. The van der Waals surface area contributed by atoms with Gasteiger partial charge in [-0.25, -0.2) is 0 Å². The molecular formula is C19H20N2O4. The van der Waals surface area contributed by atoms with Crippen molar-refractivity contribution < 1.29 is 19.0 Å². The minimum atomic E-state index is -0.141. The molecule has 0 unspecified atom stereocenters. The van der Waals surface area contributed by atoms with Crippen molar-refractivity contribution in [3.05, 3.63) is 59.7 Å². The van der Waals surface area contributed by atoms with E-state index < -0.39 is 0 Å². The highest BCUT2D eigenvalue weighted by Crippen LogP contribution is 2.27. The van der Waals surface area contributed by atoms with Crippen LogP contribution in [0.2, 0.25) is 0 Å². The Morgan fingerprint density at radius 1 is 1.08 bits per heavy atom. The van der Waals surface area contributed by atoms with Crippen LogP contribution < -0.4 is 19.9 Å². The number of carbonyl (C=O) groups is 1. The molecule has 0 aromatic heterocycles. The van der Waals surface area contributed by atoms with Crippen molar-refractivity contribution >= 4 is 17.7 Å². The predicted octanol–water partition coefficient (Wildman–Crippen LogP) is 2.91. The number of hydrogen-bond donors (Lipinski definition) is 2. The molecular weight excluding hydrogens is 320 g/mol. The Labute approximate surface area is 146 Å². The van der Waals surface area contributed by atoms with E-state index in [2.05, 4.69) is 0 Å². The van der Waals surface area contributed by atoms with Gasteiger partial charge in [-0.15, -0.1) is 0 Å². The lowest BCUT2D eigenvalue weighted by atomic mass is 10.1. The molecule has 2 rings (SSSR count). The summed E-state index contributed by atoms with van der Waals surface area (Å²) >= 11 is 0. The van der Waals surface area contributed by atoms with Crippen molar-refractivity contribution in [1.82, 2.24) is 0 Å². The van der Waals surface area contributed by atoms with Crippen LogP contribution in [0.1, 0.15) is 15.9 Å². The minimum Gasteiger partial charge on any atom is -0.493 e. The van der Waals surface area contributed by atoms with E-state index >= 15 is 0 Å². The fourth-order valence-corrected chi connectivity index (χ4v) is 2.09. The molecule has 0 radical (unpaired) electrons. The maximum Gasteiger partial charge on any atom is 0.185 e. The molecule has 0 fully saturated rings. The fraction of sp³-hybridized carbons (Fsp3) is 0.158. The molecule has 0 aliphatic carbocycles. The number of nitrogens with one attached hydrogen (secondary N) is 1. The Kier molecular flexibility index (Phi) is 6.17. The Bertz CT molecular complexity index is 783. The largest absolute Gasteiger partial charge is 0.493 e. The summed E-state index contributed by atoms with van der Waals surface area (Å²) in [7, 11) is 3.07. The van der Waals surface area contributed by atoms with Crippen LogP contribution in [0, 0.1) is 5.41 Å². The number of rotatable bonds is 8. The molecule has 0 saturated carbocycles. The number of methoxy groups -OCH3 is 2. The van der Waals surface area contributed by atoms with Crippen molar-refractivity contribution in [3.8, 4) is 17.2 Å². The number of amidine groups is 1. The number of ether oxygens (including phenoxy) is 3. The molecule has 0 bridgehead atoms. The second kappa shape index (κ2) is 8.54. The van der Waals surface area contributed by atoms with Crippen LogP contribution in [0.4, 0.5) is 0 Å². The van der Waals surface area contributed by atoms with Gasteiger partial charge in [0, 0.05) is 5.56 Å². The third-order valence-corrected chi connectivity index (χ3v) is 3.37. The number of hydrogen-bond acceptors (Lipinski definition) is 5. The highest BCUT2D eigenvalue weighted by Gasteiger charge is 2.08. The SMILES string of the molecule is COc1ccc(C(=O)/C=C/c2ccc(OCC(=N)N)cc2)cc1OC. The smallest absolute Gasteiger partial charge is 0.185 e.